The van der Waals surface area contributed by atoms with Crippen molar-refractivity contribution < 1.29 is 4.79 Å². The van der Waals surface area contributed by atoms with Gasteiger partial charge in [-0.15, -0.1) is 36.2 Å². The predicted octanol–water partition coefficient (Wildman–Crippen LogP) is 3.60. The van der Waals surface area contributed by atoms with E-state index in [0.29, 0.717) is 6.54 Å². The van der Waals surface area contributed by atoms with Gasteiger partial charge in [0.25, 0.3) is 0 Å². The number of nitrogens with two attached hydrogens (primary N) is 1. The lowest BCUT2D eigenvalue weighted by molar-refractivity contribution is -0.125. The van der Waals surface area contributed by atoms with E-state index in [-0.39, 0.29) is 42.7 Å². The van der Waals surface area contributed by atoms with E-state index in [0.717, 1.165) is 22.7 Å². The Bertz CT molecular complexity index is 634. The molecule has 2 aromatic rings. The van der Waals surface area contributed by atoms with Gasteiger partial charge in [0, 0.05) is 23.9 Å². The van der Waals surface area contributed by atoms with Crippen molar-refractivity contribution in [3.8, 4) is 0 Å². The maximum Gasteiger partial charge on any atom is 0.224 e. The first kappa shape index (κ1) is 22.9. The smallest absolute Gasteiger partial charge is 0.224 e. The number of hydrogen-bond donors (Lipinski definition) is 2. The van der Waals surface area contributed by atoms with Crippen molar-refractivity contribution in [3.63, 3.8) is 0 Å². The summed E-state index contributed by atoms with van der Waals surface area (Å²) < 4.78 is 0. The molecule has 134 valence electrons. The first-order valence-corrected chi connectivity index (χ1v) is 8.32. The SMILES string of the molecule is Cc1nc(C)c(CCNC(=O)C(C)C(N)c2ccccc2)s1.Cl.Cl. The Labute approximate surface area is 160 Å². The highest BCUT2D eigenvalue weighted by Crippen LogP contribution is 2.20. The monoisotopic (exact) mass is 389 g/mol. The van der Waals surface area contributed by atoms with E-state index in [1.165, 1.54) is 4.88 Å². The normalized spacial score (nSPS) is 12.5. The Hall–Kier alpha value is -1.14. The lowest BCUT2D eigenvalue weighted by atomic mass is 9.95. The molecule has 1 aromatic heterocycles. The molecule has 0 aliphatic carbocycles. The summed E-state index contributed by atoms with van der Waals surface area (Å²) in [4.78, 5) is 17.9. The van der Waals surface area contributed by atoms with Gasteiger partial charge in [0.1, 0.15) is 0 Å². The van der Waals surface area contributed by atoms with Gasteiger partial charge in [-0.1, -0.05) is 37.3 Å². The van der Waals surface area contributed by atoms with Gasteiger partial charge < -0.3 is 11.1 Å². The number of halogens is 2. The standard InChI is InChI=1S/C17H23N3OS.2ClH/c1-11(16(18)14-7-5-4-6-8-14)17(21)19-10-9-15-12(2)20-13(3)22-15;;/h4-8,11,16H,9-10,18H2,1-3H3,(H,19,21);2*1H. The summed E-state index contributed by atoms with van der Waals surface area (Å²) in [6.45, 7) is 6.50. The molecule has 4 nitrogen and oxygen atoms in total. The molecular formula is C17H25Cl2N3OS. The molecule has 1 amide bonds. The second-order valence-corrected chi connectivity index (χ2v) is 6.80. The van der Waals surface area contributed by atoms with Crippen molar-refractivity contribution in [1.82, 2.24) is 10.3 Å². The average Bonchev–Trinajstić information content (AvgIpc) is 2.84. The zero-order valence-corrected chi connectivity index (χ0v) is 16.6. The number of nitrogens with zero attached hydrogens (tertiary/aromatic N) is 1. The van der Waals surface area contributed by atoms with Gasteiger partial charge in [0.05, 0.1) is 16.6 Å². The number of aromatic nitrogens is 1. The minimum absolute atomic E-state index is 0. The van der Waals surface area contributed by atoms with Crippen molar-refractivity contribution in [1.29, 1.82) is 0 Å². The molecule has 0 bridgehead atoms. The third-order valence-electron chi connectivity index (χ3n) is 3.79. The zero-order chi connectivity index (χ0) is 16.1. The van der Waals surface area contributed by atoms with Gasteiger partial charge in [-0.05, 0) is 19.4 Å². The van der Waals surface area contributed by atoms with Crippen LogP contribution in [0.3, 0.4) is 0 Å². The molecule has 0 radical (unpaired) electrons. The molecule has 7 heteroatoms. The lowest BCUT2D eigenvalue weighted by Crippen LogP contribution is -2.36. The molecule has 0 fully saturated rings. The highest BCUT2D eigenvalue weighted by atomic mass is 35.5. The number of carbonyl (C=O) groups excluding carboxylic acids is 1. The Balaban J connectivity index is 0.00000264. The Morgan fingerprint density at radius 1 is 1.25 bits per heavy atom. The number of thiazole rings is 1. The van der Waals surface area contributed by atoms with Crippen LogP contribution in [0.2, 0.25) is 0 Å². The second-order valence-electron chi connectivity index (χ2n) is 5.51. The van der Waals surface area contributed by atoms with Gasteiger partial charge in [-0.2, -0.15) is 0 Å². The van der Waals surface area contributed by atoms with Crippen LogP contribution in [0.5, 0.6) is 0 Å². The van der Waals surface area contributed by atoms with Crippen molar-refractivity contribution >= 4 is 42.1 Å². The second kappa shape index (κ2) is 10.7. The van der Waals surface area contributed by atoms with Crippen LogP contribution in [0.25, 0.3) is 0 Å². The van der Waals surface area contributed by atoms with Crippen LogP contribution in [-0.2, 0) is 11.2 Å². The van der Waals surface area contributed by atoms with Gasteiger partial charge in [0.15, 0.2) is 0 Å². The average molecular weight is 390 g/mol. The molecule has 1 aromatic carbocycles. The number of amides is 1. The van der Waals surface area contributed by atoms with E-state index >= 15 is 0 Å². The molecule has 0 spiro atoms. The van der Waals surface area contributed by atoms with Crippen LogP contribution in [0, 0.1) is 19.8 Å². The predicted molar refractivity (Wildman–Crippen MR) is 105 cm³/mol. The van der Waals surface area contributed by atoms with Crippen LogP contribution in [0.4, 0.5) is 0 Å². The summed E-state index contributed by atoms with van der Waals surface area (Å²) >= 11 is 1.69. The summed E-state index contributed by atoms with van der Waals surface area (Å²) in [5.41, 5.74) is 8.23. The highest BCUT2D eigenvalue weighted by molar-refractivity contribution is 7.11. The first-order valence-electron chi connectivity index (χ1n) is 7.50. The van der Waals surface area contributed by atoms with Crippen molar-refractivity contribution in [2.45, 2.75) is 33.2 Å². The number of hydrogen-bond acceptors (Lipinski definition) is 4. The summed E-state index contributed by atoms with van der Waals surface area (Å²) in [5, 5.41) is 4.05. The molecule has 0 aliphatic heterocycles. The van der Waals surface area contributed by atoms with Crippen LogP contribution in [0.1, 0.15) is 34.1 Å². The molecule has 0 saturated carbocycles. The third kappa shape index (κ3) is 6.06. The first-order chi connectivity index (χ1) is 10.5. The fourth-order valence-electron chi connectivity index (χ4n) is 2.39. The van der Waals surface area contributed by atoms with E-state index in [1.54, 1.807) is 11.3 Å². The Morgan fingerprint density at radius 2 is 1.88 bits per heavy atom. The fourth-order valence-corrected chi connectivity index (χ4v) is 3.33. The molecule has 0 saturated heterocycles. The zero-order valence-electron chi connectivity index (χ0n) is 14.1. The molecular weight excluding hydrogens is 365 g/mol. The van der Waals surface area contributed by atoms with Gasteiger partial charge in [-0.3, -0.25) is 4.79 Å². The van der Waals surface area contributed by atoms with Crippen LogP contribution in [0.15, 0.2) is 30.3 Å². The topological polar surface area (TPSA) is 68.0 Å². The Morgan fingerprint density at radius 3 is 2.42 bits per heavy atom. The molecule has 24 heavy (non-hydrogen) atoms. The fraction of sp³-hybridized carbons (Fsp3) is 0.412. The van der Waals surface area contributed by atoms with Crippen molar-refractivity contribution in [2.75, 3.05) is 6.54 Å². The van der Waals surface area contributed by atoms with Gasteiger partial charge in [0.2, 0.25) is 5.91 Å². The van der Waals surface area contributed by atoms with E-state index in [9.17, 15) is 4.79 Å². The minimum Gasteiger partial charge on any atom is -0.355 e. The van der Waals surface area contributed by atoms with Gasteiger partial charge >= 0.3 is 0 Å². The maximum atomic E-state index is 12.2. The minimum atomic E-state index is -0.284. The lowest BCUT2D eigenvalue weighted by Gasteiger charge is -2.19. The molecule has 2 atom stereocenters. The number of carbonyl (C=O) groups is 1. The largest absolute Gasteiger partial charge is 0.355 e. The van der Waals surface area contributed by atoms with E-state index < -0.39 is 0 Å². The summed E-state index contributed by atoms with van der Waals surface area (Å²) in [6, 6.07) is 9.45. The van der Waals surface area contributed by atoms with Gasteiger partial charge in [-0.25, -0.2) is 4.98 Å². The third-order valence-corrected chi connectivity index (χ3v) is 4.92. The summed E-state index contributed by atoms with van der Waals surface area (Å²) in [5.74, 6) is -0.262. The molecule has 3 N–H and O–H groups in total. The molecule has 1 heterocycles. The van der Waals surface area contributed by atoms with Crippen LogP contribution < -0.4 is 11.1 Å². The van der Waals surface area contributed by atoms with E-state index in [4.69, 9.17) is 5.73 Å². The molecule has 2 rings (SSSR count). The number of rotatable bonds is 6. The van der Waals surface area contributed by atoms with Crippen LogP contribution >= 0.6 is 36.2 Å². The Kier molecular flexibility index (Phi) is 10.2. The number of nitrogens with one attached hydrogen (secondary N) is 1. The molecule has 0 aliphatic rings. The highest BCUT2D eigenvalue weighted by Gasteiger charge is 2.21. The maximum absolute atomic E-state index is 12.2. The summed E-state index contributed by atoms with van der Waals surface area (Å²) in [7, 11) is 0. The van der Waals surface area contributed by atoms with Crippen molar-refractivity contribution in [3.05, 3.63) is 51.5 Å². The summed E-state index contributed by atoms with van der Waals surface area (Å²) in [6.07, 6.45) is 0.816. The van der Waals surface area contributed by atoms with E-state index in [1.807, 2.05) is 51.1 Å². The van der Waals surface area contributed by atoms with Crippen molar-refractivity contribution in [2.24, 2.45) is 11.7 Å². The number of benzene rings is 1. The number of aryl methyl sites for hydroxylation is 2. The quantitative estimate of drug-likeness (QED) is 0.792. The van der Waals surface area contributed by atoms with E-state index in [2.05, 4.69) is 10.3 Å². The van der Waals surface area contributed by atoms with Crippen LogP contribution in [-0.4, -0.2) is 17.4 Å². The molecule has 2 unspecified atom stereocenters.